The van der Waals surface area contributed by atoms with E-state index in [4.69, 9.17) is 0 Å². The summed E-state index contributed by atoms with van der Waals surface area (Å²) in [6.07, 6.45) is 3.79. The zero-order valence-electron chi connectivity index (χ0n) is 13.3. The van der Waals surface area contributed by atoms with Crippen molar-refractivity contribution in [2.45, 2.75) is 24.4 Å². The molecule has 0 aliphatic rings. The van der Waals surface area contributed by atoms with Crippen LogP contribution in [0.4, 0.5) is 0 Å². The van der Waals surface area contributed by atoms with Gasteiger partial charge in [0.1, 0.15) is 0 Å². The molecule has 1 atom stereocenters. The van der Waals surface area contributed by atoms with Crippen molar-refractivity contribution in [2.24, 2.45) is 7.05 Å². The van der Waals surface area contributed by atoms with Crippen molar-refractivity contribution in [1.82, 2.24) is 19.4 Å². The maximum absolute atomic E-state index is 12.0. The maximum atomic E-state index is 12.0. The van der Waals surface area contributed by atoms with Crippen LogP contribution in [-0.4, -0.2) is 36.6 Å². The first-order chi connectivity index (χ1) is 10.3. The normalized spacial score (nSPS) is 13.5. The van der Waals surface area contributed by atoms with Crippen LogP contribution in [0.1, 0.15) is 24.1 Å². The molecular weight excluding hydrogens is 300 g/mol. The summed E-state index contributed by atoms with van der Waals surface area (Å²) in [4.78, 5) is 0.306. The van der Waals surface area contributed by atoms with E-state index < -0.39 is 10.0 Å². The molecular formula is C15H22N4O2S. The summed E-state index contributed by atoms with van der Waals surface area (Å²) in [5, 5.41) is 7.52. The van der Waals surface area contributed by atoms with Crippen molar-refractivity contribution < 1.29 is 8.42 Å². The topological polar surface area (TPSA) is 67.2 Å². The first-order valence-corrected chi connectivity index (χ1v) is 8.48. The molecule has 2 aromatic rings. The van der Waals surface area contributed by atoms with Crippen molar-refractivity contribution in [2.75, 3.05) is 14.1 Å². The minimum atomic E-state index is -3.37. The molecule has 2 rings (SSSR count). The van der Waals surface area contributed by atoms with E-state index in [1.165, 1.54) is 18.4 Å². The highest BCUT2D eigenvalue weighted by molar-refractivity contribution is 7.89. The van der Waals surface area contributed by atoms with Crippen LogP contribution in [0.3, 0.4) is 0 Å². The predicted molar refractivity (Wildman–Crippen MR) is 85.8 cm³/mol. The Morgan fingerprint density at radius 1 is 1.27 bits per heavy atom. The molecule has 0 bridgehead atoms. The SMILES string of the molecule is C[C@@H](NCc1cnn(C)c1)c1ccc(S(=O)(=O)N(C)C)cc1. The summed E-state index contributed by atoms with van der Waals surface area (Å²) in [6, 6.07) is 7.10. The minimum Gasteiger partial charge on any atom is -0.306 e. The quantitative estimate of drug-likeness (QED) is 0.875. The van der Waals surface area contributed by atoms with Gasteiger partial charge in [-0.05, 0) is 24.6 Å². The molecule has 0 saturated heterocycles. The van der Waals surface area contributed by atoms with Crippen LogP contribution >= 0.6 is 0 Å². The average Bonchev–Trinajstić information content (AvgIpc) is 2.90. The number of benzene rings is 1. The molecule has 0 unspecified atom stereocenters. The van der Waals surface area contributed by atoms with Gasteiger partial charge in [-0.25, -0.2) is 12.7 Å². The molecule has 1 aromatic heterocycles. The fourth-order valence-electron chi connectivity index (χ4n) is 2.09. The fraction of sp³-hybridized carbons (Fsp3) is 0.400. The Bertz CT molecular complexity index is 720. The van der Waals surface area contributed by atoms with Gasteiger partial charge in [0.15, 0.2) is 0 Å². The molecule has 0 spiro atoms. The van der Waals surface area contributed by atoms with Gasteiger partial charge in [-0.2, -0.15) is 5.10 Å². The molecule has 6 nitrogen and oxygen atoms in total. The van der Waals surface area contributed by atoms with Gasteiger partial charge in [-0.1, -0.05) is 12.1 Å². The van der Waals surface area contributed by atoms with E-state index in [1.807, 2.05) is 38.5 Å². The van der Waals surface area contributed by atoms with Crippen LogP contribution < -0.4 is 5.32 Å². The van der Waals surface area contributed by atoms with Gasteiger partial charge in [0.2, 0.25) is 10.0 Å². The van der Waals surface area contributed by atoms with Crippen molar-refractivity contribution in [3.8, 4) is 0 Å². The van der Waals surface area contributed by atoms with Crippen molar-refractivity contribution >= 4 is 10.0 Å². The maximum Gasteiger partial charge on any atom is 0.242 e. The van der Waals surface area contributed by atoms with Gasteiger partial charge in [0.05, 0.1) is 11.1 Å². The fourth-order valence-corrected chi connectivity index (χ4v) is 2.99. The summed E-state index contributed by atoms with van der Waals surface area (Å²) in [5.74, 6) is 0. The number of sulfonamides is 1. The second-order valence-corrected chi connectivity index (χ2v) is 7.63. The molecule has 0 saturated carbocycles. The van der Waals surface area contributed by atoms with Crippen LogP contribution in [0.25, 0.3) is 0 Å². The summed E-state index contributed by atoms with van der Waals surface area (Å²) >= 11 is 0. The van der Waals surface area contributed by atoms with Gasteiger partial charge in [-0.3, -0.25) is 4.68 Å². The van der Waals surface area contributed by atoms with E-state index in [0.29, 0.717) is 11.4 Å². The first-order valence-electron chi connectivity index (χ1n) is 7.04. The third kappa shape index (κ3) is 3.73. The van der Waals surface area contributed by atoms with Crippen LogP contribution in [0, 0.1) is 0 Å². The number of nitrogens with one attached hydrogen (secondary N) is 1. The largest absolute Gasteiger partial charge is 0.306 e. The van der Waals surface area contributed by atoms with E-state index in [-0.39, 0.29) is 6.04 Å². The van der Waals surface area contributed by atoms with Crippen molar-refractivity contribution in [3.63, 3.8) is 0 Å². The van der Waals surface area contributed by atoms with Gasteiger partial charge in [0, 0.05) is 45.5 Å². The molecule has 0 amide bonds. The lowest BCUT2D eigenvalue weighted by atomic mass is 10.1. The third-order valence-electron chi connectivity index (χ3n) is 3.53. The minimum absolute atomic E-state index is 0.122. The zero-order valence-corrected chi connectivity index (χ0v) is 14.1. The summed E-state index contributed by atoms with van der Waals surface area (Å²) in [7, 11) is 1.57. The van der Waals surface area contributed by atoms with Gasteiger partial charge in [0.25, 0.3) is 0 Å². The van der Waals surface area contributed by atoms with E-state index in [0.717, 1.165) is 11.1 Å². The lowest BCUT2D eigenvalue weighted by Crippen LogP contribution is -2.22. The Balaban J connectivity index is 2.03. The number of aryl methyl sites for hydroxylation is 1. The first kappa shape index (κ1) is 16.7. The highest BCUT2D eigenvalue weighted by atomic mass is 32.2. The van der Waals surface area contributed by atoms with E-state index >= 15 is 0 Å². The molecule has 0 aliphatic carbocycles. The molecule has 120 valence electrons. The van der Waals surface area contributed by atoms with Crippen molar-refractivity contribution in [1.29, 1.82) is 0 Å². The Labute approximate surface area is 131 Å². The summed E-state index contributed by atoms with van der Waals surface area (Å²) in [6.45, 7) is 2.76. The highest BCUT2D eigenvalue weighted by Crippen LogP contribution is 2.18. The second-order valence-electron chi connectivity index (χ2n) is 5.48. The molecule has 22 heavy (non-hydrogen) atoms. The van der Waals surface area contributed by atoms with Crippen LogP contribution in [0.5, 0.6) is 0 Å². The standard InChI is InChI=1S/C15H22N4O2S/c1-12(16-9-13-10-17-19(4)11-13)14-5-7-15(8-6-14)22(20,21)18(2)3/h5-8,10-12,16H,9H2,1-4H3/t12-/m1/s1. The molecule has 0 fully saturated rings. The molecule has 7 heteroatoms. The number of aromatic nitrogens is 2. The molecule has 1 aromatic carbocycles. The third-order valence-corrected chi connectivity index (χ3v) is 5.36. The van der Waals surface area contributed by atoms with Crippen LogP contribution in [-0.2, 0) is 23.6 Å². The Kier molecular flexibility index (Phi) is 5.00. The molecule has 1 N–H and O–H groups in total. The number of rotatable bonds is 6. The molecule has 0 aliphatic heterocycles. The Hall–Kier alpha value is -1.70. The lowest BCUT2D eigenvalue weighted by molar-refractivity contribution is 0.520. The summed E-state index contributed by atoms with van der Waals surface area (Å²) in [5.41, 5.74) is 2.16. The van der Waals surface area contributed by atoms with Crippen LogP contribution in [0.15, 0.2) is 41.6 Å². The average molecular weight is 322 g/mol. The van der Waals surface area contributed by atoms with Crippen LogP contribution in [0.2, 0.25) is 0 Å². The van der Waals surface area contributed by atoms with Gasteiger partial charge < -0.3 is 5.32 Å². The highest BCUT2D eigenvalue weighted by Gasteiger charge is 2.17. The predicted octanol–water partition coefficient (Wildman–Crippen LogP) is 1.52. The van der Waals surface area contributed by atoms with E-state index in [1.54, 1.807) is 16.8 Å². The van der Waals surface area contributed by atoms with E-state index in [2.05, 4.69) is 10.4 Å². The Morgan fingerprint density at radius 3 is 2.41 bits per heavy atom. The summed E-state index contributed by atoms with van der Waals surface area (Å²) < 4.78 is 27.0. The lowest BCUT2D eigenvalue weighted by Gasteiger charge is -2.15. The van der Waals surface area contributed by atoms with Gasteiger partial charge >= 0.3 is 0 Å². The number of nitrogens with zero attached hydrogens (tertiary/aromatic N) is 3. The monoisotopic (exact) mass is 322 g/mol. The van der Waals surface area contributed by atoms with Crippen molar-refractivity contribution in [3.05, 3.63) is 47.8 Å². The molecule has 0 radical (unpaired) electrons. The second kappa shape index (κ2) is 6.60. The number of hydrogen-bond acceptors (Lipinski definition) is 4. The number of hydrogen-bond donors (Lipinski definition) is 1. The van der Waals surface area contributed by atoms with Gasteiger partial charge in [-0.15, -0.1) is 0 Å². The molecule has 1 heterocycles. The zero-order chi connectivity index (χ0) is 16.3. The smallest absolute Gasteiger partial charge is 0.242 e. The Morgan fingerprint density at radius 2 is 1.91 bits per heavy atom. The van der Waals surface area contributed by atoms with E-state index in [9.17, 15) is 8.42 Å².